The summed E-state index contributed by atoms with van der Waals surface area (Å²) in [7, 11) is -1.52. The van der Waals surface area contributed by atoms with Crippen LogP contribution >= 0.6 is 0 Å². The number of benzene rings is 1. The average Bonchev–Trinajstić information content (AvgIpc) is 3.27. The van der Waals surface area contributed by atoms with Crippen LogP contribution in [0.25, 0.3) is 0 Å². The molecule has 1 aliphatic heterocycles. The summed E-state index contributed by atoms with van der Waals surface area (Å²) in [5.41, 5.74) is 2.27. The van der Waals surface area contributed by atoms with E-state index in [2.05, 4.69) is 41.0 Å². The molecule has 0 amide bonds. The Kier molecular flexibility index (Phi) is 5.79. The molecule has 1 atom stereocenters. The van der Waals surface area contributed by atoms with E-state index in [9.17, 15) is 8.42 Å². The molecular weight excluding hydrogens is 358 g/mol. The van der Waals surface area contributed by atoms with E-state index in [1.54, 1.807) is 12.1 Å². The van der Waals surface area contributed by atoms with Gasteiger partial charge in [-0.05, 0) is 61.2 Å². The molecule has 0 spiro atoms. The second kappa shape index (κ2) is 7.78. The standard InChI is InChI=1S/C21H31N3O2S/c1-21(2,3)17-9-11-18(12-10-17)27(25,26)22-16-20(24-14-5-6-15-24)19-8-7-13-23(19)4/h7-13,20,22H,5-6,14-16H2,1-4H3/t20-/m1/s1. The Morgan fingerprint density at radius 2 is 1.70 bits per heavy atom. The first kappa shape index (κ1) is 20.1. The largest absolute Gasteiger partial charge is 0.353 e. The van der Waals surface area contributed by atoms with Gasteiger partial charge in [0.15, 0.2) is 0 Å². The first-order chi connectivity index (χ1) is 12.7. The minimum absolute atomic E-state index is 0.00308. The molecule has 6 heteroatoms. The van der Waals surface area contributed by atoms with Gasteiger partial charge >= 0.3 is 0 Å². The lowest BCUT2D eigenvalue weighted by Gasteiger charge is -2.28. The summed E-state index contributed by atoms with van der Waals surface area (Å²) >= 11 is 0. The lowest BCUT2D eigenvalue weighted by Crippen LogP contribution is -2.37. The Bertz CT molecular complexity index is 858. The summed E-state index contributed by atoms with van der Waals surface area (Å²) in [6, 6.07) is 11.4. The molecule has 1 aromatic heterocycles. The summed E-state index contributed by atoms with van der Waals surface area (Å²) in [5, 5.41) is 0. The zero-order chi connectivity index (χ0) is 19.7. The van der Waals surface area contributed by atoms with Crippen molar-refractivity contribution in [1.29, 1.82) is 0 Å². The summed E-state index contributed by atoms with van der Waals surface area (Å²) in [6.07, 6.45) is 4.35. The van der Waals surface area contributed by atoms with Crippen LogP contribution in [-0.4, -0.2) is 37.5 Å². The number of aromatic nitrogens is 1. The highest BCUT2D eigenvalue weighted by atomic mass is 32.2. The third-order valence-corrected chi connectivity index (χ3v) is 6.84. The number of likely N-dealkylation sites (tertiary alicyclic amines) is 1. The monoisotopic (exact) mass is 389 g/mol. The van der Waals surface area contributed by atoms with Crippen molar-refractivity contribution >= 4 is 10.0 Å². The summed E-state index contributed by atoms with van der Waals surface area (Å²) in [4.78, 5) is 2.70. The van der Waals surface area contributed by atoms with E-state index in [-0.39, 0.29) is 11.5 Å². The number of aryl methyl sites for hydroxylation is 1. The second-order valence-electron chi connectivity index (χ2n) is 8.43. The molecule has 3 rings (SSSR count). The van der Waals surface area contributed by atoms with Crippen molar-refractivity contribution in [2.24, 2.45) is 7.05 Å². The molecule has 0 bridgehead atoms. The zero-order valence-corrected chi connectivity index (χ0v) is 17.6. The van der Waals surface area contributed by atoms with Crippen molar-refractivity contribution in [1.82, 2.24) is 14.2 Å². The zero-order valence-electron chi connectivity index (χ0n) is 16.8. The Morgan fingerprint density at radius 1 is 1.07 bits per heavy atom. The van der Waals surface area contributed by atoms with Crippen LogP contribution in [0.2, 0.25) is 0 Å². The van der Waals surface area contributed by atoms with Crippen LogP contribution in [0.15, 0.2) is 47.5 Å². The van der Waals surface area contributed by atoms with Crippen LogP contribution in [-0.2, 0) is 22.5 Å². The van der Waals surface area contributed by atoms with Crippen molar-refractivity contribution in [3.63, 3.8) is 0 Å². The van der Waals surface area contributed by atoms with Gasteiger partial charge in [-0.3, -0.25) is 4.90 Å². The first-order valence-electron chi connectivity index (χ1n) is 9.64. The van der Waals surface area contributed by atoms with Crippen LogP contribution in [0.3, 0.4) is 0 Å². The summed E-state index contributed by atoms with van der Waals surface area (Å²) in [6.45, 7) is 8.76. The third-order valence-electron chi connectivity index (χ3n) is 5.40. The van der Waals surface area contributed by atoms with Crippen LogP contribution in [0.4, 0.5) is 0 Å². The van der Waals surface area contributed by atoms with E-state index in [4.69, 9.17) is 0 Å². The minimum atomic E-state index is -3.54. The molecule has 2 aromatic rings. The molecule has 1 saturated heterocycles. The molecule has 27 heavy (non-hydrogen) atoms. The van der Waals surface area contributed by atoms with Crippen LogP contribution in [0.5, 0.6) is 0 Å². The third kappa shape index (κ3) is 4.62. The Balaban J connectivity index is 1.76. The van der Waals surface area contributed by atoms with Crippen LogP contribution in [0, 0.1) is 0 Å². The maximum Gasteiger partial charge on any atom is 0.240 e. The van der Waals surface area contributed by atoms with Crippen LogP contribution < -0.4 is 4.72 Å². The predicted molar refractivity (Wildman–Crippen MR) is 109 cm³/mol. The van der Waals surface area contributed by atoms with Crippen molar-refractivity contribution in [3.05, 3.63) is 53.9 Å². The van der Waals surface area contributed by atoms with Gasteiger partial charge < -0.3 is 4.57 Å². The van der Waals surface area contributed by atoms with Gasteiger partial charge in [-0.1, -0.05) is 32.9 Å². The first-order valence-corrected chi connectivity index (χ1v) is 11.1. The number of sulfonamides is 1. The predicted octanol–water partition coefficient (Wildman–Crippen LogP) is 3.44. The molecule has 1 aromatic carbocycles. The molecule has 1 aliphatic rings. The van der Waals surface area contributed by atoms with Gasteiger partial charge in [0.1, 0.15) is 0 Å². The fraction of sp³-hybridized carbons (Fsp3) is 0.524. The lowest BCUT2D eigenvalue weighted by molar-refractivity contribution is 0.238. The lowest BCUT2D eigenvalue weighted by atomic mass is 9.87. The molecule has 1 N–H and O–H groups in total. The van der Waals surface area contributed by atoms with Crippen LogP contribution in [0.1, 0.15) is 50.9 Å². The van der Waals surface area contributed by atoms with Crippen molar-refractivity contribution in [2.75, 3.05) is 19.6 Å². The normalized spacial score (nSPS) is 17.3. The Morgan fingerprint density at radius 3 is 2.22 bits per heavy atom. The number of hydrogen-bond acceptors (Lipinski definition) is 3. The maximum atomic E-state index is 12.8. The number of hydrogen-bond donors (Lipinski definition) is 1. The SMILES string of the molecule is Cn1cccc1[C@@H](CNS(=O)(=O)c1ccc(C(C)(C)C)cc1)N1CCCC1. The molecule has 1 fully saturated rings. The molecule has 148 valence electrons. The molecule has 0 radical (unpaired) electrons. The van der Waals surface area contributed by atoms with Gasteiger partial charge in [-0.2, -0.15) is 0 Å². The highest BCUT2D eigenvalue weighted by molar-refractivity contribution is 7.89. The molecule has 5 nitrogen and oxygen atoms in total. The summed E-state index contributed by atoms with van der Waals surface area (Å²) < 4.78 is 30.6. The van der Waals surface area contributed by atoms with E-state index in [0.717, 1.165) is 24.3 Å². The van der Waals surface area contributed by atoms with Gasteiger partial charge in [0.25, 0.3) is 0 Å². The number of nitrogens with one attached hydrogen (secondary N) is 1. The van der Waals surface area contributed by atoms with Gasteiger partial charge in [0, 0.05) is 25.5 Å². The highest BCUT2D eigenvalue weighted by Gasteiger charge is 2.27. The molecule has 0 unspecified atom stereocenters. The highest BCUT2D eigenvalue weighted by Crippen LogP contribution is 2.26. The smallest absolute Gasteiger partial charge is 0.240 e. The topological polar surface area (TPSA) is 54.3 Å². The van der Waals surface area contributed by atoms with Gasteiger partial charge in [0.2, 0.25) is 10.0 Å². The van der Waals surface area contributed by atoms with Crippen molar-refractivity contribution in [2.45, 2.75) is 50.0 Å². The molecule has 2 heterocycles. The van der Waals surface area contributed by atoms with Crippen molar-refractivity contribution in [3.8, 4) is 0 Å². The van der Waals surface area contributed by atoms with E-state index < -0.39 is 10.0 Å². The van der Waals surface area contributed by atoms with Gasteiger partial charge in [0.05, 0.1) is 10.9 Å². The Labute approximate surface area is 163 Å². The number of nitrogens with zero attached hydrogens (tertiary/aromatic N) is 2. The van der Waals surface area contributed by atoms with Gasteiger partial charge in [-0.25, -0.2) is 13.1 Å². The molecular formula is C21H31N3O2S. The summed E-state index contributed by atoms with van der Waals surface area (Å²) in [5.74, 6) is 0. The maximum absolute atomic E-state index is 12.8. The molecule has 0 saturated carbocycles. The van der Waals surface area contributed by atoms with E-state index in [1.807, 2.05) is 31.4 Å². The Hall–Kier alpha value is -1.63. The quantitative estimate of drug-likeness (QED) is 0.823. The van der Waals surface area contributed by atoms with Crippen molar-refractivity contribution < 1.29 is 8.42 Å². The fourth-order valence-corrected chi connectivity index (χ4v) is 4.74. The second-order valence-corrected chi connectivity index (χ2v) is 10.2. The van der Waals surface area contributed by atoms with E-state index in [1.165, 1.54) is 12.8 Å². The minimum Gasteiger partial charge on any atom is -0.353 e. The molecule has 0 aliphatic carbocycles. The fourth-order valence-electron chi connectivity index (χ4n) is 3.70. The van der Waals surface area contributed by atoms with Gasteiger partial charge in [-0.15, -0.1) is 0 Å². The number of rotatable bonds is 6. The van der Waals surface area contributed by atoms with E-state index >= 15 is 0 Å². The van der Waals surface area contributed by atoms with E-state index in [0.29, 0.717) is 11.4 Å². The average molecular weight is 390 g/mol.